The van der Waals surface area contributed by atoms with E-state index in [4.69, 9.17) is 9.47 Å². The van der Waals surface area contributed by atoms with Crippen LogP contribution in [-0.2, 0) is 0 Å². The third kappa shape index (κ3) is 3.66. The fourth-order valence-corrected chi connectivity index (χ4v) is 3.59. The maximum absolute atomic E-state index is 5.81. The standard InChI is InChI=1S/C18H19N3O2S/c1-2-11-21(10-1)12-13-22-14-5-7-15(8-6-14)23-18-20-17-16(24-18)4-3-9-19-17/h3-9H,1-2,10-13H2. The first kappa shape index (κ1) is 15.4. The van der Waals surface area contributed by atoms with Crippen LogP contribution in [0.25, 0.3) is 10.3 Å². The second kappa shape index (κ2) is 7.15. The number of ether oxygens (including phenoxy) is 2. The molecule has 3 heterocycles. The number of hydrogen-bond donors (Lipinski definition) is 0. The van der Waals surface area contributed by atoms with E-state index in [1.54, 1.807) is 6.20 Å². The van der Waals surface area contributed by atoms with Gasteiger partial charge >= 0.3 is 0 Å². The molecule has 0 aliphatic carbocycles. The summed E-state index contributed by atoms with van der Waals surface area (Å²) >= 11 is 1.49. The lowest BCUT2D eigenvalue weighted by molar-refractivity contribution is 0.237. The van der Waals surface area contributed by atoms with E-state index in [0.717, 1.165) is 35.0 Å². The Morgan fingerprint density at radius 2 is 1.83 bits per heavy atom. The molecule has 1 aliphatic heterocycles. The summed E-state index contributed by atoms with van der Waals surface area (Å²) in [5, 5.41) is 0.603. The lowest BCUT2D eigenvalue weighted by Gasteiger charge is -2.14. The van der Waals surface area contributed by atoms with Crippen molar-refractivity contribution in [2.75, 3.05) is 26.2 Å². The first-order valence-corrected chi connectivity index (χ1v) is 9.03. The Bertz CT molecular complexity index is 764. The van der Waals surface area contributed by atoms with E-state index >= 15 is 0 Å². The van der Waals surface area contributed by atoms with Crippen LogP contribution >= 0.6 is 11.3 Å². The fraction of sp³-hybridized carbons (Fsp3) is 0.333. The Labute approximate surface area is 144 Å². The summed E-state index contributed by atoms with van der Waals surface area (Å²) in [6.07, 6.45) is 4.36. The number of aromatic nitrogens is 2. The molecule has 0 unspecified atom stereocenters. The molecule has 1 aromatic carbocycles. The summed E-state index contributed by atoms with van der Waals surface area (Å²) in [6.45, 7) is 4.13. The quantitative estimate of drug-likeness (QED) is 0.679. The Morgan fingerprint density at radius 1 is 1.04 bits per heavy atom. The number of pyridine rings is 1. The molecule has 4 rings (SSSR count). The predicted molar refractivity (Wildman–Crippen MR) is 95.1 cm³/mol. The third-order valence-electron chi connectivity index (χ3n) is 4.05. The summed E-state index contributed by atoms with van der Waals surface area (Å²) < 4.78 is 12.6. The van der Waals surface area contributed by atoms with Gasteiger partial charge in [-0.05, 0) is 62.3 Å². The van der Waals surface area contributed by atoms with Crippen molar-refractivity contribution in [2.24, 2.45) is 0 Å². The van der Waals surface area contributed by atoms with Gasteiger partial charge in [-0.15, -0.1) is 0 Å². The van der Waals surface area contributed by atoms with Crippen LogP contribution < -0.4 is 9.47 Å². The van der Waals surface area contributed by atoms with Gasteiger partial charge in [0.05, 0.1) is 4.70 Å². The molecule has 1 fully saturated rings. The van der Waals surface area contributed by atoms with Crippen molar-refractivity contribution >= 4 is 21.7 Å². The molecule has 0 atom stereocenters. The van der Waals surface area contributed by atoms with Crippen molar-refractivity contribution in [3.8, 4) is 16.7 Å². The van der Waals surface area contributed by atoms with Crippen molar-refractivity contribution in [2.45, 2.75) is 12.8 Å². The summed E-state index contributed by atoms with van der Waals surface area (Å²) in [6, 6.07) is 11.6. The summed E-state index contributed by atoms with van der Waals surface area (Å²) in [5.41, 5.74) is 0.722. The van der Waals surface area contributed by atoms with Gasteiger partial charge in [-0.3, -0.25) is 4.90 Å². The van der Waals surface area contributed by atoms with Crippen LogP contribution in [0.2, 0.25) is 0 Å². The lowest BCUT2D eigenvalue weighted by Crippen LogP contribution is -2.25. The summed E-state index contributed by atoms with van der Waals surface area (Å²) in [5.74, 6) is 1.62. The average molecular weight is 341 g/mol. The number of rotatable bonds is 6. The van der Waals surface area contributed by atoms with Crippen molar-refractivity contribution in [1.29, 1.82) is 0 Å². The molecular formula is C18H19N3O2S. The van der Waals surface area contributed by atoms with E-state index < -0.39 is 0 Å². The number of nitrogens with zero attached hydrogens (tertiary/aromatic N) is 3. The van der Waals surface area contributed by atoms with Crippen LogP contribution in [0.1, 0.15) is 12.8 Å². The topological polar surface area (TPSA) is 47.5 Å². The second-order valence-corrected chi connectivity index (χ2v) is 6.77. The highest BCUT2D eigenvalue weighted by molar-refractivity contribution is 7.20. The molecule has 0 saturated carbocycles. The van der Waals surface area contributed by atoms with Gasteiger partial charge in [-0.2, -0.15) is 4.98 Å². The highest BCUT2D eigenvalue weighted by Gasteiger charge is 2.11. The van der Waals surface area contributed by atoms with Crippen molar-refractivity contribution in [3.63, 3.8) is 0 Å². The largest absolute Gasteiger partial charge is 0.492 e. The van der Waals surface area contributed by atoms with Crippen molar-refractivity contribution < 1.29 is 9.47 Å². The lowest BCUT2D eigenvalue weighted by atomic mass is 10.3. The van der Waals surface area contributed by atoms with E-state index in [1.165, 1.54) is 37.3 Å². The first-order valence-electron chi connectivity index (χ1n) is 8.21. The van der Waals surface area contributed by atoms with Gasteiger partial charge in [-0.25, -0.2) is 4.98 Å². The monoisotopic (exact) mass is 341 g/mol. The van der Waals surface area contributed by atoms with Gasteiger partial charge in [0, 0.05) is 12.7 Å². The van der Waals surface area contributed by atoms with E-state index in [2.05, 4.69) is 14.9 Å². The van der Waals surface area contributed by atoms with Gasteiger partial charge in [0.15, 0.2) is 5.65 Å². The summed E-state index contributed by atoms with van der Waals surface area (Å²) in [4.78, 5) is 11.0. The highest BCUT2D eigenvalue weighted by Crippen LogP contribution is 2.30. The zero-order valence-corrected chi connectivity index (χ0v) is 14.2. The Balaban J connectivity index is 1.33. The van der Waals surface area contributed by atoms with Crippen LogP contribution in [-0.4, -0.2) is 41.1 Å². The fourth-order valence-electron chi connectivity index (χ4n) is 2.80. The van der Waals surface area contributed by atoms with Crippen molar-refractivity contribution in [1.82, 2.24) is 14.9 Å². The van der Waals surface area contributed by atoms with Crippen LogP contribution in [0.5, 0.6) is 16.7 Å². The maximum atomic E-state index is 5.81. The predicted octanol–water partition coefficient (Wildman–Crippen LogP) is 3.96. The first-order chi connectivity index (χ1) is 11.9. The van der Waals surface area contributed by atoms with Gasteiger partial charge in [0.1, 0.15) is 18.1 Å². The molecule has 3 aromatic rings. The number of thiazole rings is 1. The molecular weight excluding hydrogens is 322 g/mol. The average Bonchev–Trinajstić information content (AvgIpc) is 3.25. The number of benzene rings is 1. The highest BCUT2D eigenvalue weighted by atomic mass is 32.1. The zero-order chi connectivity index (χ0) is 16.2. The summed E-state index contributed by atoms with van der Waals surface area (Å²) in [7, 11) is 0. The molecule has 0 spiro atoms. The minimum atomic E-state index is 0.603. The molecule has 1 aliphatic rings. The number of fused-ring (bicyclic) bond motifs is 1. The van der Waals surface area contributed by atoms with Crippen molar-refractivity contribution in [3.05, 3.63) is 42.6 Å². The SMILES string of the molecule is c1cnc2nc(Oc3ccc(OCCN4CCCC4)cc3)sc2c1. The number of likely N-dealkylation sites (tertiary alicyclic amines) is 1. The Kier molecular flexibility index (Phi) is 4.57. The van der Waals surface area contributed by atoms with Gasteiger partial charge in [0.25, 0.3) is 5.19 Å². The van der Waals surface area contributed by atoms with Gasteiger partial charge in [-0.1, -0.05) is 11.3 Å². The molecule has 2 aromatic heterocycles. The smallest absolute Gasteiger partial charge is 0.281 e. The molecule has 1 saturated heterocycles. The minimum Gasteiger partial charge on any atom is -0.492 e. The number of hydrogen-bond acceptors (Lipinski definition) is 6. The van der Waals surface area contributed by atoms with E-state index in [0.29, 0.717) is 5.19 Å². The molecule has 0 amide bonds. The maximum Gasteiger partial charge on any atom is 0.281 e. The van der Waals surface area contributed by atoms with E-state index in [-0.39, 0.29) is 0 Å². The van der Waals surface area contributed by atoms with Crippen LogP contribution in [0.4, 0.5) is 0 Å². The van der Waals surface area contributed by atoms with Crippen LogP contribution in [0, 0.1) is 0 Å². The molecule has 124 valence electrons. The normalized spacial score (nSPS) is 15.0. The molecule has 5 nitrogen and oxygen atoms in total. The minimum absolute atomic E-state index is 0.603. The van der Waals surface area contributed by atoms with Crippen LogP contribution in [0.15, 0.2) is 42.6 Å². The zero-order valence-electron chi connectivity index (χ0n) is 13.4. The molecule has 0 bridgehead atoms. The third-order valence-corrected chi connectivity index (χ3v) is 4.94. The van der Waals surface area contributed by atoms with Crippen LogP contribution in [0.3, 0.4) is 0 Å². The molecule has 0 N–H and O–H groups in total. The Morgan fingerprint density at radius 3 is 2.62 bits per heavy atom. The molecule has 6 heteroatoms. The second-order valence-electron chi connectivity index (χ2n) is 5.78. The molecule has 0 radical (unpaired) electrons. The Hall–Kier alpha value is -2.18. The van der Waals surface area contributed by atoms with Gasteiger partial charge < -0.3 is 9.47 Å². The van der Waals surface area contributed by atoms with E-state index in [1.807, 2.05) is 36.4 Å². The van der Waals surface area contributed by atoms with Gasteiger partial charge in [0.2, 0.25) is 0 Å². The molecule has 24 heavy (non-hydrogen) atoms. The van der Waals surface area contributed by atoms with E-state index in [9.17, 15) is 0 Å².